The molecule has 0 spiro atoms. The second-order valence-corrected chi connectivity index (χ2v) is 6.94. The molecular weight excluding hydrogens is 264 g/mol. The first-order valence-corrected chi connectivity index (χ1v) is 7.81. The van der Waals surface area contributed by atoms with Gasteiger partial charge >= 0.3 is 6.09 Å². The molecule has 0 bridgehead atoms. The fourth-order valence-corrected chi connectivity index (χ4v) is 2.80. The molecule has 0 radical (unpaired) electrons. The Bertz CT molecular complexity index is 322. The van der Waals surface area contributed by atoms with Gasteiger partial charge < -0.3 is 15.4 Å². The molecule has 19 heavy (non-hydrogen) atoms. The van der Waals surface area contributed by atoms with Crippen molar-refractivity contribution in [1.29, 1.82) is 0 Å². The van der Waals surface area contributed by atoms with E-state index in [1.54, 1.807) is 27.7 Å². The molecule has 6 heteroatoms. The topological polar surface area (TPSA) is 67.4 Å². The van der Waals surface area contributed by atoms with E-state index in [2.05, 4.69) is 10.6 Å². The van der Waals surface area contributed by atoms with Crippen molar-refractivity contribution in [2.45, 2.75) is 58.2 Å². The number of hydrogen-bond acceptors (Lipinski definition) is 4. The molecule has 0 aliphatic carbocycles. The molecule has 2 amide bonds. The van der Waals surface area contributed by atoms with Gasteiger partial charge in [0.2, 0.25) is 5.91 Å². The molecule has 2 atom stereocenters. The van der Waals surface area contributed by atoms with Crippen molar-refractivity contribution in [1.82, 2.24) is 10.6 Å². The van der Waals surface area contributed by atoms with E-state index in [-0.39, 0.29) is 11.9 Å². The van der Waals surface area contributed by atoms with Gasteiger partial charge in [0.05, 0.1) is 0 Å². The quantitative estimate of drug-likeness (QED) is 0.832. The Morgan fingerprint density at radius 2 is 2.05 bits per heavy atom. The van der Waals surface area contributed by atoms with E-state index in [0.29, 0.717) is 0 Å². The van der Waals surface area contributed by atoms with E-state index >= 15 is 0 Å². The Morgan fingerprint density at radius 3 is 2.58 bits per heavy atom. The van der Waals surface area contributed by atoms with Crippen LogP contribution in [0.25, 0.3) is 0 Å². The Kier molecular flexibility index (Phi) is 5.97. The maximum atomic E-state index is 11.9. The minimum absolute atomic E-state index is 0.154. The van der Waals surface area contributed by atoms with Crippen molar-refractivity contribution >= 4 is 23.8 Å². The van der Waals surface area contributed by atoms with Crippen molar-refractivity contribution in [2.24, 2.45) is 0 Å². The first-order chi connectivity index (χ1) is 8.78. The molecule has 2 unspecified atom stereocenters. The lowest BCUT2D eigenvalue weighted by atomic mass is 10.1. The van der Waals surface area contributed by atoms with Crippen LogP contribution < -0.4 is 10.6 Å². The fourth-order valence-electron chi connectivity index (χ4n) is 1.73. The fraction of sp³-hybridized carbons (Fsp3) is 0.846. The SMILES string of the molecule is CC(NC(=O)OC(C)(C)C)C(=O)NC1CCCSC1. The van der Waals surface area contributed by atoms with Gasteiger partial charge in [-0.25, -0.2) is 4.79 Å². The first kappa shape index (κ1) is 16.1. The van der Waals surface area contributed by atoms with Crippen LogP contribution in [0, 0.1) is 0 Å². The summed E-state index contributed by atoms with van der Waals surface area (Å²) in [5.41, 5.74) is -0.555. The number of carbonyl (C=O) groups excluding carboxylic acids is 2. The van der Waals surface area contributed by atoms with E-state index in [9.17, 15) is 9.59 Å². The second-order valence-electron chi connectivity index (χ2n) is 5.79. The molecule has 0 saturated carbocycles. The van der Waals surface area contributed by atoms with Gasteiger partial charge in [0, 0.05) is 11.8 Å². The van der Waals surface area contributed by atoms with Crippen molar-refractivity contribution in [3.63, 3.8) is 0 Å². The van der Waals surface area contributed by atoms with E-state index in [4.69, 9.17) is 4.74 Å². The molecule has 1 fully saturated rings. The highest BCUT2D eigenvalue weighted by Crippen LogP contribution is 2.16. The monoisotopic (exact) mass is 288 g/mol. The molecule has 1 aliphatic rings. The first-order valence-electron chi connectivity index (χ1n) is 6.65. The zero-order chi connectivity index (χ0) is 14.5. The summed E-state index contributed by atoms with van der Waals surface area (Å²) in [6.07, 6.45) is 1.58. The lowest BCUT2D eigenvalue weighted by Gasteiger charge is -2.25. The molecule has 0 aromatic rings. The number of alkyl carbamates (subject to hydrolysis) is 1. The van der Waals surface area contributed by atoms with Crippen LogP contribution in [0.2, 0.25) is 0 Å². The predicted octanol–water partition coefficient (Wildman–Crippen LogP) is 1.91. The van der Waals surface area contributed by atoms with Crippen molar-refractivity contribution in [3.8, 4) is 0 Å². The van der Waals surface area contributed by atoms with Crippen molar-refractivity contribution in [2.75, 3.05) is 11.5 Å². The minimum atomic E-state index is -0.582. The summed E-state index contributed by atoms with van der Waals surface area (Å²) in [5, 5.41) is 5.50. The number of nitrogens with one attached hydrogen (secondary N) is 2. The van der Waals surface area contributed by atoms with Crippen LogP contribution >= 0.6 is 11.8 Å². The Balaban J connectivity index is 2.33. The molecule has 1 aliphatic heterocycles. The number of thioether (sulfide) groups is 1. The molecule has 110 valence electrons. The summed E-state index contributed by atoms with van der Waals surface area (Å²) in [7, 11) is 0. The molecule has 0 aromatic carbocycles. The average molecular weight is 288 g/mol. The Hall–Kier alpha value is -0.910. The third-order valence-corrected chi connectivity index (χ3v) is 3.85. The van der Waals surface area contributed by atoms with Gasteiger partial charge in [0.25, 0.3) is 0 Å². The average Bonchev–Trinajstić information content (AvgIpc) is 2.27. The molecule has 2 N–H and O–H groups in total. The van der Waals surface area contributed by atoms with E-state index in [1.807, 2.05) is 11.8 Å². The standard InChI is InChI=1S/C13H24N2O3S/c1-9(14-12(17)18-13(2,3)4)11(16)15-10-6-5-7-19-8-10/h9-10H,5-8H2,1-4H3,(H,14,17)(H,15,16). The molecule has 5 nitrogen and oxygen atoms in total. The zero-order valence-electron chi connectivity index (χ0n) is 12.1. The van der Waals surface area contributed by atoms with Gasteiger partial charge in [-0.1, -0.05) is 0 Å². The summed E-state index contributed by atoms with van der Waals surface area (Å²) in [6, 6.07) is -0.365. The number of carbonyl (C=O) groups is 2. The lowest BCUT2D eigenvalue weighted by Crippen LogP contribution is -2.50. The van der Waals surface area contributed by atoms with E-state index < -0.39 is 17.7 Å². The van der Waals surface area contributed by atoms with Gasteiger partial charge in [0.15, 0.2) is 0 Å². The third-order valence-electron chi connectivity index (χ3n) is 2.63. The number of amides is 2. The maximum Gasteiger partial charge on any atom is 0.408 e. The van der Waals surface area contributed by atoms with E-state index in [1.165, 1.54) is 0 Å². The zero-order valence-corrected chi connectivity index (χ0v) is 12.9. The number of rotatable bonds is 3. The summed E-state index contributed by atoms with van der Waals surface area (Å²) in [4.78, 5) is 23.5. The lowest BCUT2D eigenvalue weighted by molar-refractivity contribution is -0.123. The molecule has 0 aromatic heterocycles. The maximum absolute atomic E-state index is 11.9. The van der Waals surface area contributed by atoms with Crippen LogP contribution in [0.1, 0.15) is 40.5 Å². The van der Waals surface area contributed by atoms with Crippen LogP contribution in [0.3, 0.4) is 0 Å². The summed E-state index contributed by atoms with van der Waals surface area (Å²) >= 11 is 1.85. The summed E-state index contributed by atoms with van der Waals surface area (Å²) < 4.78 is 5.11. The van der Waals surface area contributed by atoms with Crippen molar-refractivity contribution in [3.05, 3.63) is 0 Å². The largest absolute Gasteiger partial charge is 0.444 e. The van der Waals surface area contributed by atoms with Crippen LogP contribution in [0.15, 0.2) is 0 Å². The van der Waals surface area contributed by atoms with Gasteiger partial charge in [-0.05, 0) is 46.3 Å². The van der Waals surface area contributed by atoms with Gasteiger partial charge in [0.1, 0.15) is 11.6 Å². The molecule has 1 saturated heterocycles. The molecular formula is C13H24N2O3S. The van der Waals surface area contributed by atoms with Gasteiger partial charge in [-0.15, -0.1) is 0 Å². The van der Waals surface area contributed by atoms with Gasteiger partial charge in [-0.2, -0.15) is 11.8 Å². The normalized spacial score (nSPS) is 21.4. The van der Waals surface area contributed by atoms with Gasteiger partial charge in [-0.3, -0.25) is 4.79 Å². The Morgan fingerprint density at radius 1 is 1.37 bits per heavy atom. The van der Waals surface area contributed by atoms with Crippen LogP contribution in [-0.4, -0.2) is 41.2 Å². The number of hydrogen-bond donors (Lipinski definition) is 2. The third kappa shape index (κ3) is 6.71. The van der Waals surface area contributed by atoms with Crippen LogP contribution in [0.5, 0.6) is 0 Å². The second kappa shape index (κ2) is 7.03. The van der Waals surface area contributed by atoms with Crippen molar-refractivity contribution < 1.29 is 14.3 Å². The smallest absolute Gasteiger partial charge is 0.408 e. The highest BCUT2D eigenvalue weighted by molar-refractivity contribution is 7.99. The number of ether oxygens (including phenoxy) is 1. The molecule has 1 heterocycles. The highest BCUT2D eigenvalue weighted by atomic mass is 32.2. The van der Waals surface area contributed by atoms with Crippen LogP contribution in [0.4, 0.5) is 4.79 Å². The summed E-state index contributed by atoms with van der Waals surface area (Å²) in [6.45, 7) is 7.03. The van der Waals surface area contributed by atoms with Crippen LogP contribution in [-0.2, 0) is 9.53 Å². The predicted molar refractivity (Wildman–Crippen MR) is 77.3 cm³/mol. The molecule has 1 rings (SSSR count). The minimum Gasteiger partial charge on any atom is -0.444 e. The Labute approximate surface area is 119 Å². The highest BCUT2D eigenvalue weighted by Gasteiger charge is 2.23. The van der Waals surface area contributed by atoms with E-state index in [0.717, 1.165) is 24.3 Å². The summed E-state index contributed by atoms with van der Waals surface area (Å²) in [5.74, 6) is 1.96.